The van der Waals surface area contributed by atoms with E-state index < -0.39 is 35.7 Å². The maximum absolute atomic E-state index is 12.5. The molecule has 5 rings (SSSR count). The second-order valence-electron chi connectivity index (χ2n) is 8.75. The first-order chi connectivity index (χ1) is 17.5. The summed E-state index contributed by atoms with van der Waals surface area (Å²) in [5.74, 6) is -2.78. The predicted molar refractivity (Wildman–Crippen MR) is 132 cm³/mol. The fourth-order valence-corrected chi connectivity index (χ4v) is 4.27. The van der Waals surface area contributed by atoms with E-state index in [2.05, 4.69) is 0 Å². The van der Waals surface area contributed by atoms with E-state index in [1.165, 1.54) is 40.3 Å². The molecule has 0 radical (unpaired) electrons. The van der Waals surface area contributed by atoms with Gasteiger partial charge in [0.25, 0.3) is 23.6 Å². The molecule has 0 atom stereocenters. The summed E-state index contributed by atoms with van der Waals surface area (Å²) >= 11 is 0. The van der Waals surface area contributed by atoms with E-state index in [0.717, 1.165) is 30.4 Å². The van der Waals surface area contributed by atoms with E-state index in [4.69, 9.17) is 4.42 Å². The molecule has 2 saturated heterocycles. The van der Waals surface area contributed by atoms with Crippen molar-refractivity contribution in [2.75, 3.05) is 28.2 Å². The molecule has 2 aliphatic heterocycles. The first-order valence-electron chi connectivity index (χ1n) is 11.1. The van der Waals surface area contributed by atoms with Crippen LogP contribution in [0, 0.1) is 0 Å². The summed E-state index contributed by atoms with van der Waals surface area (Å²) in [4.78, 5) is 77.4. The van der Waals surface area contributed by atoms with E-state index in [1.54, 1.807) is 36.4 Å². The maximum atomic E-state index is 12.5. The van der Waals surface area contributed by atoms with Crippen LogP contribution >= 0.6 is 0 Å². The normalized spacial score (nSPS) is 17.2. The smallest absolute Gasteiger partial charge is 0.333 e. The molecule has 3 aromatic rings. The number of hydrogen-bond acceptors (Lipinski definition) is 7. The second-order valence-corrected chi connectivity index (χ2v) is 8.75. The van der Waals surface area contributed by atoms with Crippen LogP contribution in [-0.2, 0) is 19.2 Å². The van der Waals surface area contributed by atoms with Crippen molar-refractivity contribution in [3.05, 3.63) is 58.7 Å². The number of likely N-dealkylation sites (N-methyl/N-ethyl adjacent to an activating group) is 4. The Hall–Kier alpha value is -5.06. The minimum atomic E-state index is -0.702. The number of carbonyl (C=O) groups excluding carboxylic acids is 6. The zero-order valence-electron chi connectivity index (χ0n) is 20.3. The Morgan fingerprint density at radius 2 is 0.865 bits per heavy atom. The van der Waals surface area contributed by atoms with Gasteiger partial charge in [-0.3, -0.25) is 38.8 Å². The van der Waals surface area contributed by atoms with Gasteiger partial charge in [-0.25, -0.2) is 9.59 Å². The second kappa shape index (κ2) is 8.26. The maximum Gasteiger partial charge on any atom is 0.333 e. The number of hydrogen-bond donors (Lipinski definition) is 0. The van der Waals surface area contributed by atoms with Crippen molar-refractivity contribution in [2.45, 2.75) is 0 Å². The number of barbiturate groups is 2. The Bertz CT molecular complexity index is 1490. The number of urea groups is 2. The highest BCUT2D eigenvalue weighted by Crippen LogP contribution is 2.32. The van der Waals surface area contributed by atoms with Crippen molar-refractivity contribution in [3.8, 4) is 0 Å². The molecule has 2 aromatic carbocycles. The molecule has 0 aliphatic carbocycles. The molecule has 2 aliphatic rings. The molecule has 1 aromatic heterocycles. The standard InChI is InChI=1S/C26H20N4O7/c1-27-21(31)17(22(32)28(2)25(27)35)9-13-5-7-15-16-8-6-14(12-20(16)37-19(15)11-13)10-18-23(33)29(3)26(36)30(4)24(18)34/h5-12H,1-4H3. The van der Waals surface area contributed by atoms with Gasteiger partial charge in [-0.2, -0.15) is 0 Å². The van der Waals surface area contributed by atoms with Gasteiger partial charge in [0, 0.05) is 39.0 Å². The number of amides is 8. The lowest BCUT2D eigenvalue weighted by molar-refractivity contribution is -0.135. The lowest BCUT2D eigenvalue weighted by Gasteiger charge is -2.28. The Morgan fingerprint density at radius 3 is 1.19 bits per heavy atom. The average Bonchev–Trinajstić information content (AvgIpc) is 3.25. The van der Waals surface area contributed by atoms with Gasteiger partial charge >= 0.3 is 12.1 Å². The topological polar surface area (TPSA) is 129 Å². The molecular weight excluding hydrogens is 480 g/mol. The molecule has 11 heteroatoms. The molecule has 8 amide bonds. The van der Waals surface area contributed by atoms with Gasteiger partial charge in [0.15, 0.2) is 0 Å². The Balaban J connectivity index is 1.53. The summed E-state index contributed by atoms with van der Waals surface area (Å²) in [7, 11) is 5.22. The minimum absolute atomic E-state index is 0.149. The van der Waals surface area contributed by atoms with Crippen LogP contribution in [-0.4, -0.2) is 83.5 Å². The molecule has 0 N–H and O–H groups in total. The number of imide groups is 4. The van der Waals surface area contributed by atoms with Crippen LogP contribution < -0.4 is 0 Å². The SMILES string of the molecule is CN1C(=O)C(=Cc2ccc3c(c2)oc2cc(C=C4C(=O)N(C)C(=O)N(C)C4=O)ccc23)C(=O)N(C)C1=O. The lowest BCUT2D eigenvalue weighted by Crippen LogP contribution is -2.52. The number of benzene rings is 2. The van der Waals surface area contributed by atoms with Crippen molar-refractivity contribution < 1.29 is 33.2 Å². The van der Waals surface area contributed by atoms with Crippen molar-refractivity contribution in [2.24, 2.45) is 0 Å². The lowest BCUT2D eigenvalue weighted by atomic mass is 10.0. The van der Waals surface area contributed by atoms with Gasteiger partial charge < -0.3 is 4.42 Å². The zero-order valence-corrected chi connectivity index (χ0v) is 20.3. The van der Waals surface area contributed by atoms with Crippen LogP contribution in [0.1, 0.15) is 11.1 Å². The summed E-state index contributed by atoms with van der Waals surface area (Å²) in [6.45, 7) is 0. The van der Waals surface area contributed by atoms with Crippen LogP contribution in [0.3, 0.4) is 0 Å². The summed E-state index contributed by atoms with van der Waals surface area (Å²) in [6, 6.07) is 8.94. The van der Waals surface area contributed by atoms with E-state index in [-0.39, 0.29) is 11.1 Å². The van der Waals surface area contributed by atoms with Crippen molar-refractivity contribution in [1.29, 1.82) is 0 Å². The van der Waals surface area contributed by atoms with Crippen LogP contribution in [0.15, 0.2) is 52.0 Å². The van der Waals surface area contributed by atoms with Crippen molar-refractivity contribution >= 4 is 69.8 Å². The van der Waals surface area contributed by atoms with Crippen LogP contribution in [0.4, 0.5) is 9.59 Å². The molecule has 11 nitrogen and oxygen atoms in total. The van der Waals surface area contributed by atoms with Crippen LogP contribution in [0.5, 0.6) is 0 Å². The van der Waals surface area contributed by atoms with Crippen molar-refractivity contribution in [3.63, 3.8) is 0 Å². The average molecular weight is 500 g/mol. The highest BCUT2D eigenvalue weighted by atomic mass is 16.3. The van der Waals surface area contributed by atoms with Crippen LogP contribution in [0.25, 0.3) is 34.1 Å². The molecule has 0 saturated carbocycles. The molecule has 2 fully saturated rings. The molecular formula is C26H20N4O7. The van der Waals surface area contributed by atoms with Crippen LogP contribution in [0.2, 0.25) is 0 Å². The van der Waals surface area contributed by atoms with Gasteiger partial charge in [-0.1, -0.05) is 12.1 Å². The van der Waals surface area contributed by atoms with Crippen molar-refractivity contribution in [1.82, 2.24) is 19.6 Å². The molecule has 3 heterocycles. The van der Waals surface area contributed by atoms with Gasteiger partial charge in [0.05, 0.1) is 0 Å². The minimum Gasteiger partial charge on any atom is -0.456 e. The van der Waals surface area contributed by atoms with E-state index in [1.807, 2.05) is 0 Å². The quantitative estimate of drug-likeness (QED) is 0.390. The zero-order chi connectivity index (χ0) is 26.8. The summed E-state index contributed by atoms with van der Waals surface area (Å²) in [6.07, 6.45) is 2.81. The fourth-order valence-electron chi connectivity index (χ4n) is 4.27. The predicted octanol–water partition coefficient (Wildman–Crippen LogP) is 2.45. The van der Waals surface area contributed by atoms with Gasteiger partial charge in [0.1, 0.15) is 22.3 Å². The Labute approximate surface area is 209 Å². The summed E-state index contributed by atoms with van der Waals surface area (Å²) in [5.41, 5.74) is 1.72. The molecule has 186 valence electrons. The highest BCUT2D eigenvalue weighted by Gasteiger charge is 2.38. The first kappa shape index (κ1) is 23.7. The molecule has 0 unspecified atom stereocenters. The number of fused-ring (bicyclic) bond motifs is 3. The number of carbonyl (C=O) groups is 6. The number of rotatable bonds is 2. The fraction of sp³-hybridized carbons (Fsp3) is 0.154. The molecule has 0 spiro atoms. The third-order valence-electron chi connectivity index (χ3n) is 6.43. The Kier molecular flexibility index (Phi) is 5.29. The Morgan fingerprint density at radius 1 is 0.541 bits per heavy atom. The molecule has 37 heavy (non-hydrogen) atoms. The van der Waals surface area contributed by atoms with E-state index in [9.17, 15) is 28.8 Å². The highest BCUT2D eigenvalue weighted by molar-refractivity contribution is 6.31. The van der Waals surface area contributed by atoms with Gasteiger partial charge in [0.2, 0.25) is 0 Å². The monoisotopic (exact) mass is 500 g/mol. The van der Waals surface area contributed by atoms with Gasteiger partial charge in [-0.15, -0.1) is 0 Å². The third-order valence-corrected chi connectivity index (χ3v) is 6.43. The van der Waals surface area contributed by atoms with Gasteiger partial charge in [-0.05, 0) is 47.5 Å². The number of nitrogens with zero attached hydrogens (tertiary/aromatic N) is 4. The molecule has 0 bridgehead atoms. The largest absolute Gasteiger partial charge is 0.456 e. The number of furan rings is 1. The summed E-state index contributed by atoms with van der Waals surface area (Å²) in [5, 5.41) is 1.55. The summed E-state index contributed by atoms with van der Waals surface area (Å²) < 4.78 is 5.99. The van der Waals surface area contributed by atoms with E-state index >= 15 is 0 Å². The third kappa shape index (κ3) is 3.59. The van der Waals surface area contributed by atoms with E-state index in [0.29, 0.717) is 22.3 Å². The first-order valence-corrected chi connectivity index (χ1v) is 11.1.